The number of hydrogen-bond donors (Lipinski definition) is 3. The fourth-order valence-electron chi connectivity index (χ4n) is 2.96. The van der Waals surface area contributed by atoms with E-state index in [0.717, 1.165) is 12.0 Å². The summed E-state index contributed by atoms with van der Waals surface area (Å²) in [6, 6.07) is 14.2. The summed E-state index contributed by atoms with van der Waals surface area (Å²) in [5.41, 5.74) is 3.12. The fraction of sp³-hybridized carbons (Fsp3) is 0.348. The van der Waals surface area contributed by atoms with E-state index >= 15 is 0 Å². The first-order valence-corrected chi connectivity index (χ1v) is 9.94. The molecule has 0 saturated carbocycles. The zero-order chi connectivity index (χ0) is 21.4. The third-order valence-electron chi connectivity index (χ3n) is 4.65. The van der Waals surface area contributed by atoms with E-state index in [9.17, 15) is 14.4 Å². The number of nitrogens with one attached hydrogen (secondary N) is 3. The van der Waals surface area contributed by atoms with Crippen LogP contribution in [0.15, 0.2) is 48.5 Å². The van der Waals surface area contributed by atoms with Gasteiger partial charge in [0.2, 0.25) is 0 Å². The molecule has 0 aliphatic rings. The fourth-order valence-corrected chi connectivity index (χ4v) is 2.96. The molecule has 0 saturated heterocycles. The molecule has 0 aromatic heterocycles. The van der Waals surface area contributed by atoms with Gasteiger partial charge < -0.3 is 16.0 Å². The van der Waals surface area contributed by atoms with Crippen molar-refractivity contribution in [1.29, 1.82) is 0 Å². The first kappa shape index (κ1) is 22.1. The smallest absolute Gasteiger partial charge is 0.313 e. The first-order valence-electron chi connectivity index (χ1n) is 9.94. The molecule has 0 spiro atoms. The Morgan fingerprint density at radius 3 is 2.00 bits per heavy atom. The molecule has 0 fully saturated rings. The van der Waals surface area contributed by atoms with Crippen molar-refractivity contribution in [3.8, 4) is 0 Å². The molecule has 29 heavy (non-hydrogen) atoms. The Hall–Kier alpha value is -3.15. The van der Waals surface area contributed by atoms with Gasteiger partial charge in [-0.25, -0.2) is 0 Å². The quantitative estimate of drug-likeness (QED) is 0.628. The Kier molecular flexibility index (Phi) is 7.95. The minimum absolute atomic E-state index is 0.121. The summed E-state index contributed by atoms with van der Waals surface area (Å²) in [6.45, 7) is 8.46. The number of rotatable bonds is 7. The Labute approximate surface area is 172 Å². The number of aryl methyl sites for hydroxylation is 1. The average molecular weight is 396 g/mol. The van der Waals surface area contributed by atoms with Gasteiger partial charge >= 0.3 is 11.8 Å². The van der Waals surface area contributed by atoms with Crippen molar-refractivity contribution >= 4 is 23.4 Å². The minimum Gasteiger partial charge on any atom is -0.352 e. The Bertz CT molecular complexity index is 843. The number of carbonyl (C=O) groups excluding carboxylic acids is 3. The summed E-state index contributed by atoms with van der Waals surface area (Å²) in [6.07, 6.45) is 0.945. The maximum Gasteiger partial charge on any atom is 0.313 e. The molecular formula is C23H29N3O3. The van der Waals surface area contributed by atoms with Crippen LogP contribution < -0.4 is 16.0 Å². The molecule has 3 N–H and O–H groups in total. The van der Waals surface area contributed by atoms with Crippen LogP contribution in [0.25, 0.3) is 0 Å². The molecule has 0 aliphatic carbocycles. The molecule has 6 heteroatoms. The lowest BCUT2D eigenvalue weighted by Gasteiger charge is -2.23. The number of hydrogen-bond acceptors (Lipinski definition) is 3. The maximum atomic E-state index is 12.4. The van der Waals surface area contributed by atoms with E-state index in [4.69, 9.17) is 0 Å². The van der Waals surface area contributed by atoms with E-state index in [1.165, 1.54) is 5.56 Å². The van der Waals surface area contributed by atoms with Gasteiger partial charge in [-0.05, 0) is 54.7 Å². The number of anilines is 1. The van der Waals surface area contributed by atoms with E-state index < -0.39 is 11.8 Å². The molecule has 2 aromatic carbocycles. The lowest BCUT2D eigenvalue weighted by Crippen LogP contribution is -2.39. The molecule has 154 valence electrons. The van der Waals surface area contributed by atoms with Crippen LogP contribution in [-0.2, 0) is 16.0 Å². The van der Waals surface area contributed by atoms with Gasteiger partial charge in [-0.3, -0.25) is 14.4 Å². The molecule has 0 aliphatic heterocycles. The van der Waals surface area contributed by atoms with Crippen molar-refractivity contribution in [2.24, 2.45) is 5.92 Å². The van der Waals surface area contributed by atoms with Crippen LogP contribution in [0.3, 0.4) is 0 Å². The first-order chi connectivity index (χ1) is 13.8. The Morgan fingerprint density at radius 1 is 0.862 bits per heavy atom. The highest BCUT2D eigenvalue weighted by atomic mass is 16.2. The average Bonchev–Trinajstić information content (AvgIpc) is 2.72. The van der Waals surface area contributed by atoms with Gasteiger partial charge in [0.15, 0.2) is 0 Å². The zero-order valence-electron chi connectivity index (χ0n) is 17.4. The summed E-state index contributed by atoms with van der Waals surface area (Å²) in [7, 11) is 0. The lowest BCUT2D eigenvalue weighted by atomic mass is 9.95. The third-order valence-corrected chi connectivity index (χ3v) is 4.65. The second-order valence-corrected chi connectivity index (χ2v) is 7.18. The van der Waals surface area contributed by atoms with Crippen LogP contribution in [-0.4, -0.2) is 24.3 Å². The van der Waals surface area contributed by atoms with Gasteiger partial charge in [0, 0.05) is 17.8 Å². The molecule has 1 atom stereocenters. The highest BCUT2D eigenvalue weighted by Gasteiger charge is 2.22. The van der Waals surface area contributed by atoms with Crippen molar-refractivity contribution in [3.05, 3.63) is 65.2 Å². The normalized spacial score (nSPS) is 11.6. The number of amides is 3. The Morgan fingerprint density at radius 2 is 1.48 bits per heavy atom. The van der Waals surface area contributed by atoms with Crippen molar-refractivity contribution in [2.45, 2.75) is 40.2 Å². The van der Waals surface area contributed by atoms with E-state index in [1.54, 1.807) is 24.3 Å². The zero-order valence-corrected chi connectivity index (χ0v) is 17.4. The molecule has 6 nitrogen and oxygen atoms in total. The molecule has 0 heterocycles. The van der Waals surface area contributed by atoms with Crippen molar-refractivity contribution in [3.63, 3.8) is 0 Å². The summed E-state index contributed by atoms with van der Waals surface area (Å²) in [5, 5.41) is 8.10. The maximum absolute atomic E-state index is 12.4. The summed E-state index contributed by atoms with van der Waals surface area (Å²) in [4.78, 5) is 36.5. The number of benzene rings is 2. The highest BCUT2D eigenvalue weighted by Crippen LogP contribution is 2.22. The summed E-state index contributed by atoms with van der Waals surface area (Å²) < 4.78 is 0. The summed E-state index contributed by atoms with van der Waals surface area (Å²) in [5.74, 6) is -1.50. The third kappa shape index (κ3) is 6.17. The van der Waals surface area contributed by atoms with Gasteiger partial charge in [0.05, 0.1) is 6.04 Å². The van der Waals surface area contributed by atoms with Crippen LogP contribution >= 0.6 is 0 Å². The molecule has 0 radical (unpaired) electrons. The molecule has 2 rings (SSSR count). The molecular weight excluding hydrogens is 366 g/mol. The molecule has 2 aromatic rings. The SMILES string of the molecule is CCNC(=O)c1ccc(NC(=O)C(=O)NC(c2ccc(CC)cc2)C(C)C)cc1. The van der Waals surface area contributed by atoms with Crippen LogP contribution in [0.1, 0.15) is 55.2 Å². The van der Waals surface area contributed by atoms with Crippen LogP contribution in [0, 0.1) is 5.92 Å². The second kappa shape index (κ2) is 10.4. The number of carbonyl (C=O) groups is 3. The summed E-state index contributed by atoms with van der Waals surface area (Å²) >= 11 is 0. The minimum atomic E-state index is -0.744. The van der Waals surface area contributed by atoms with Crippen LogP contribution in [0.2, 0.25) is 0 Å². The van der Waals surface area contributed by atoms with Crippen molar-refractivity contribution < 1.29 is 14.4 Å². The predicted molar refractivity (Wildman–Crippen MR) is 115 cm³/mol. The van der Waals surface area contributed by atoms with E-state index in [-0.39, 0.29) is 17.9 Å². The van der Waals surface area contributed by atoms with Crippen molar-refractivity contribution in [2.75, 3.05) is 11.9 Å². The van der Waals surface area contributed by atoms with E-state index in [2.05, 4.69) is 22.9 Å². The van der Waals surface area contributed by atoms with Gasteiger partial charge in [-0.2, -0.15) is 0 Å². The van der Waals surface area contributed by atoms with Gasteiger partial charge in [0.1, 0.15) is 0 Å². The lowest BCUT2D eigenvalue weighted by molar-refractivity contribution is -0.136. The van der Waals surface area contributed by atoms with Crippen LogP contribution in [0.4, 0.5) is 5.69 Å². The predicted octanol–water partition coefficient (Wildman–Crippen LogP) is 3.45. The Balaban J connectivity index is 2.02. The topological polar surface area (TPSA) is 87.3 Å². The second-order valence-electron chi connectivity index (χ2n) is 7.18. The van der Waals surface area contributed by atoms with Crippen molar-refractivity contribution in [1.82, 2.24) is 10.6 Å². The van der Waals surface area contributed by atoms with E-state index in [0.29, 0.717) is 17.8 Å². The molecule has 1 unspecified atom stereocenters. The standard InChI is InChI=1S/C23H29N3O3/c1-5-16-7-9-17(10-8-16)20(15(3)4)26-23(29)22(28)25-19-13-11-18(12-14-19)21(27)24-6-2/h7-15,20H,5-6H2,1-4H3,(H,24,27)(H,25,28)(H,26,29). The van der Waals surface area contributed by atoms with Crippen LogP contribution in [0.5, 0.6) is 0 Å². The van der Waals surface area contributed by atoms with Gasteiger partial charge in [-0.15, -0.1) is 0 Å². The molecule has 3 amide bonds. The highest BCUT2D eigenvalue weighted by molar-refractivity contribution is 6.39. The van der Waals surface area contributed by atoms with Gasteiger partial charge in [0.25, 0.3) is 5.91 Å². The molecule has 0 bridgehead atoms. The largest absolute Gasteiger partial charge is 0.352 e. The monoisotopic (exact) mass is 395 g/mol. The van der Waals surface area contributed by atoms with Gasteiger partial charge in [-0.1, -0.05) is 45.0 Å². The van der Waals surface area contributed by atoms with E-state index in [1.807, 2.05) is 45.0 Å².